The number of halogens is 2. The van der Waals surface area contributed by atoms with Crippen molar-refractivity contribution in [3.8, 4) is 0 Å². The number of rotatable bonds is 5. The Hall–Kier alpha value is -1.07. The average molecular weight is 414 g/mol. The van der Waals surface area contributed by atoms with Crippen molar-refractivity contribution in [2.45, 2.75) is 32.9 Å². The van der Waals surface area contributed by atoms with Crippen LogP contribution in [0.3, 0.4) is 0 Å². The Balaban J connectivity index is 2.12. The second-order valence-electron chi connectivity index (χ2n) is 4.98. The van der Waals surface area contributed by atoms with Crippen molar-refractivity contribution < 1.29 is 4.79 Å². The maximum atomic E-state index is 12.4. The van der Waals surface area contributed by atoms with Crippen molar-refractivity contribution in [1.29, 1.82) is 0 Å². The summed E-state index contributed by atoms with van der Waals surface area (Å²) in [5.74, 6) is -0.0513. The maximum Gasteiger partial charge on any atom is 0.268 e. The molecule has 0 aliphatic rings. The molecule has 5 heteroatoms. The maximum absolute atomic E-state index is 12.4. The van der Waals surface area contributed by atoms with Crippen LogP contribution in [0.15, 0.2) is 45.5 Å². The lowest BCUT2D eigenvalue weighted by Gasteiger charge is -2.15. The van der Waals surface area contributed by atoms with E-state index in [0.717, 1.165) is 27.5 Å². The van der Waals surface area contributed by atoms with Crippen molar-refractivity contribution in [3.05, 3.63) is 56.7 Å². The summed E-state index contributed by atoms with van der Waals surface area (Å²) < 4.78 is 3.94. The van der Waals surface area contributed by atoms with Gasteiger partial charge in [-0.25, -0.2) is 0 Å². The van der Waals surface area contributed by atoms with Gasteiger partial charge >= 0.3 is 0 Å². The molecule has 1 aromatic carbocycles. The largest absolute Gasteiger partial charge is 0.344 e. The van der Waals surface area contributed by atoms with Crippen molar-refractivity contribution in [1.82, 2.24) is 9.88 Å². The minimum atomic E-state index is -0.0513. The zero-order chi connectivity index (χ0) is 15.4. The highest BCUT2D eigenvalue weighted by Gasteiger charge is 2.15. The van der Waals surface area contributed by atoms with Crippen LogP contribution in [0.25, 0.3) is 0 Å². The van der Waals surface area contributed by atoms with Gasteiger partial charge in [-0.3, -0.25) is 4.79 Å². The van der Waals surface area contributed by atoms with E-state index < -0.39 is 0 Å². The monoisotopic (exact) mass is 412 g/mol. The number of benzene rings is 1. The van der Waals surface area contributed by atoms with Gasteiger partial charge in [-0.15, -0.1) is 0 Å². The van der Waals surface area contributed by atoms with E-state index in [0.29, 0.717) is 5.69 Å². The van der Waals surface area contributed by atoms with Gasteiger partial charge in [0.1, 0.15) is 5.69 Å². The van der Waals surface area contributed by atoms with Gasteiger partial charge in [0.15, 0.2) is 0 Å². The second-order valence-corrected chi connectivity index (χ2v) is 6.82. The Morgan fingerprint density at radius 2 is 1.90 bits per heavy atom. The molecule has 0 aliphatic carbocycles. The quantitative estimate of drug-likeness (QED) is 0.741. The number of nitrogens with zero attached hydrogens (tertiary/aromatic N) is 1. The van der Waals surface area contributed by atoms with Gasteiger partial charge in [-0.05, 0) is 53.0 Å². The summed E-state index contributed by atoms with van der Waals surface area (Å²) in [5.41, 5.74) is 1.77. The first-order valence-corrected chi connectivity index (χ1v) is 8.52. The van der Waals surface area contributed by atoms with Crippen LogP contribution in [-0.2, 0) is 6.54 Å². The highest BCUT2D eigenvalue weighted by molar-refractivity contribution is 9.10. The SMILES string of the molecule is CCCn1cc(Br)cc1C(=O)N[C@@H](C)c1ccc(Br)cc1. The molecule has 0 bridgehead atoms. The molecule has 2 aromatic rings. The molecule has 0 saturated carbocycles. The fourth-order valence-corrected chi connectivity index (χ4v) is 2.92. The lowest BCUT2D eigenvalue weighted by Crippen LogP contribution is -2.28. The first kappa shape index (κ1) is 16.3. The molecule has 1 N–H and O–H groups in total. The van der Waals surface area contributed by atoms with E-state index in [9.17, 15) is 4.79 Å². The Labute approximate surface area is 142 Å². The average Bonchev–Trinajstić information content (AvgIpc) is 2.81. The number of hydrogen-bond donors (Lipinski definition) is 1. The number of nitrogens with one attached hydrogen (secondary N) is 1. The molecule has 1 heterocycles. The standard InChI is InChI=1S/C16H18Br2N2O/c1-3-8-20-10-14(18)9-15(20)16(21)19-11(2)12-4-6-13(17)7-5-12/h4-7,9-11H,3,8H2,1-2H3,(H,19,21)/t11-/m0/s1. The van der Waals surface area contributed by atoms with Crippen LogP contribution in [0.2, 0.25) is 0 Å². The van der Waals surface area contributed by atoms with Gasteiger partial charge in [0.25, 0.3) is 5.91 Å². The number of hydrogen-bond acceptors (Lipinski definition) is 1. The molecule has 0 unspecified atom stereocenters. The van der Waals surface area contributed by atoms with Crippen molar-refractivity contribution in [2.24, 2.45) is 0 Å². The van der Waals surface area contributed by atoms with Gasteiger partial charge in [-0.1, -0.05) is 35.0 Å². The van der Waals surface area contributed by atoms with Crippen molar-refractivity contribution in [2.75, 3.05) is 0 Å². The van der Waals surface area contributed by atoms with Crippen LogP contribution in [0, 0.1) is 0 Å². The topological polar surface area (TPSA) is 34.0 Å². The third-order valence-electron chi connectivity index (χ3n) is 3.28. The van der Waals surface area contributed by atoms with E-state index in [-0.39, 0.29) is 11.9 Å². The van der Waals surface area contributed by atoms with E-state index >= 15 is 0 Å². The van der Waals surface area contributed by atoms with E-state index in [2.05, 4.69) is 44.1 Å². The zero-order valence-corrected chi connectivity index (χ0v) is 15.2. The molecule has 0 fully saturated rings. The molecule has 1 amide bonds. The molecule has 3 nitrogen and oxygen atoms in total. The molecule has 1 aromatic heterocycles. The molecule has 1 atom stereocenters. The first-order chi connectivity index (χ1) is 10.0. The molecule has 0 spiro atoms. The lowest BCUT2D eigenvalue weighted by atomic mass is 10.1. The van der Waals surface area contributed by atoms with Crippen LogP contribution in [0.1, 0.15) is 42.4 Å². The van der Waals surface area contributed by atoms with Gasteiger partial charge in [0.2, 0.25) is 0 Å². The van der Waals surface area contributed by atoms with E-state index in [1.807, 2.05) is 48.0 Å². The number of amides is 1. The minimum Gasteiger partial charge on any atom is -0.344 e. The molecule has 0 aliphatic heterocycles. The molecular formula is C16H18Br2N2O. The van der Waals surface area contributed by atoms with Crippen LogP contribution < -0.4 is 5.32 Å². The van der Waals surface area contributed by atoms with Gasteiger partial charge in [0.05, 0.1) is 6.04 Å². The molecule has 21 heavy (non-hydrogen) atoms. The van der Waals surface area contributed by atoms with Gasteiger partial charge < -0.3 is 9.88 Å². The molecule has 0 radical (unpaired) electrons. The summed E-state index contributed by atoms with van der Waals surface area (Å²) in [7, 11) is 0. The van der Waals surface area contributed by atoms with E-state index in [1.165, 1.54) is 0 Å². The molecule has 0 saturated heterocycles. The van der Waals surface area contributed by atoms with Crippen LogP contribution in [-0.4, -0.2) is 10.5 Å². The lowest BCUT2D eigenvalue weighted by molar-refractivity contribution is 0.0930. The van der Waals surface area contributed by atoms with Crippen molar-refractivity contribution >= 4 is 37.8 Å². The summed E-state index contributed by atoms with van der Waals surface area (Å²) in [4.78, 5) is 12.4. The molecular weight excluding hydrogens is 396 g/mol. The Kier molecular flexibility index (Phi) is 5.65. The van der Waals surface area contributed by atoms with Gasteiger partial charge in [-0.2, -0.15) is 0 Å². The van der Waals surface area contributed by atoms with Crippen LogP contribution in [0.5, 0.6) is 0 Å². The van der Waals surface area contributed by atoms with Crippen molar-refractivity contribution in [3.63, 3.8) is 0 Å². The molecule has 112 valence electrons. The number of carbonyl (C=O) groups excluding carboxylic acids is 1. The highest BCUT2D eigenvalue weighted by atomic mass is 79.9. The predicted molar refractivity (Wildman–Crippen MR) is 92.4 cm³/mol. The summed E-state index contributed by atoms with van der Waals surface area (Å²) >= 11 is 6.85. The Morgan fingerprint density at radius 1 is 1.24 bits per heavy atom. The first-order valence-electron chi connectivity index (χ1n) is 6.93. The van der Waals surface area contributed by atoms with E-state index in [4.69, 9.17) is 0 Å². The highest BCUT2D eigenvalue weighted by Crippen LogP contribution is 2.19. The molecule has 2 rings (SSSR count). The number of aromatic nitrogens is 1. The fourth-order valence-electron chi connectivity index (χ4n) is 2.20. The zero-order valence-electron chi connectivity index (χ0n) is 12.1. The third-order valence-corrected chi connectivity index (χ3v) is 4.24. The van der Waals surface area contributed by atoms with Crippen LogP contribution >= 0.6 is 31.9 Å². The fraction of sp³-hybridized carbons (Fsp3) is 0.312. The van der Waals surface area contributed by atoms with E-state index in [1.54, 1.807) is 0 Å². The summed E-state index contributed by atoms with van der Waals surface area (Å²) in [6.07, 6.45) is 2.94. The third kappa shape index (κ3) is 4.20. The number of aryl methyl sites for hydroxylation is 1. The summed E-state index contributed by atoms with van der Waals surface area (Å²) in [6.45, 7) is 4.92. The van der Waals surface area contributed by atoms with Crippen LogP contribution in [0.4, 0.5) is 0 Å². The second kappa shape index (κ2) is 7.27. The normalized spacial score (nSPS) is 12.2. The van der Waals surface area contributed by atoms with Gasteiger partial charge in [0, 0.05) is 21.7 Å². The number of carbonyl (C=O) groups is 1. The summed E-state index contributed by atoms with van der Waals surface area (Å²) in [6, 6.07) is 9.81. The Bertz CT molecular complexity index is 620. The Morgan fingerprint density at radius 3 is 2.52 bits per heavy atom. The smallest absolute Gasteiger partial charge is 0.268 e. The minimum absolute atomic E-state index is 0.0330. The predicted octanol–water partition coefficient (Wildman–Crippen LogP) is 4.91. The summed E-state index contributed by atoms with van der Waals surface area (Å²) in [5, 5.41) is 3.05.